The number of hydrogen-bond donors (Lipinski definition) is 1. The highest BCUT2D eigenvalue weighted by molar-refractivity contribution is 5.80. The third-order valence-electron chi connectivity index (χ3n) is 4.67. The van der Waals surface area contributed by atoms with Crippen LogP contribution >= 0.6 is 0 Å². The van der Waals surface area contributed by atoms with Crippen molar-refractivity contribution in [3.05, 3.63) is 0 Å². The molecule has 2 rings (SSSR count). The molecule has 2 aliphatic rings. The Bertz CT molecular complexity index is 324. The van der Waals surface area contributed by atoms with Crippen LogP contribution in [-0.2, 0) is 9.59 Å². The van der Waals surface area contributed by atoms with Crippen LogP contribution < -0.4 is 5.73 Å². The largest absolute Gasteiger partial charge is 0.369 e. The van der Waals surface area contributed by atoms with E-state index < -0.39 is 0 Å². The molecule has 0 radical (unpaired) electrons. The van der Waals surface area contributed by atoms with Gasteiger partial charge in [0.05, 0.1) is 5.92 Å². The SMILES string of the molecule is NC(=O)[C@@H]1CCCN(C(=O)CCC2CCCCC2)C1. The molecule has 1 aliphatic heterocycles. The third-order valence-corrected chi connectivity index (χ3v) is 4.67. The van der Waals surface area contributed by atoms with Gasteiger partial charge in [-0.05, 0) is 25.2 Å². The molecule has 0 bridgehead atoms. The van der Waals surface area contributed by atoms with Crippen LogP contribution in [0.15, 0.2) is 0 Å². The van der Waals surface area contributed by atoms with Gasteiger partial charge < -0.3 is 10.6 Å². The van der Waals surface area contributed by atoms with Gasteiger partial charge in [0.25, 0.3) is 0 Å². The lowest BCUT2D eigenvalue weighted by molar-refractivity contribution is -0.135. The van der Waals surface area contributed by atoms with Gasteiger partial charge in [-0.2, -0.15) is 0 Å². The van der Waals surface area contributed by atoms with Gasteiger partial charge >= 0.3 is 0 Å². The summed E-state index contributed by atoms with van der Waals surface area (Å²) in [5, 5.41) is 0. The number of rotatable bonds is 4. The zero-order valence-corrected chi connectivity index (χ0v) is 11.8. The maximum atomic E-state index is 12.2. The monoisotopic (exact) mass is 266 g/mol. The standard InChI is InChI=1S/C15H26N2O2/c16-15(19)13-7-4-10-17(11-13)14(18)9-8-12-5-2-1-3-6-12/h12-13H,1-11H2,(H2,16,19)/t13-/m1/s1. The minimum atomic E-state index is -0.259. The molecule has 1 heterocycles. The second-order valence-electron chi connectivity index (χ2n) is 6.12. The van der Waals surface area contributed by atoms with E-state index in [9.17, 15) is 9.59 Å². The van der Waals surface area contributed by atoms with Crippen LogP contribution in [0.4, 0.5) is 0 Å². The summed E-state index contributed by atoms with van der Waals surface area (Å²) in [5.41, 5.74) is 5.34. The average molecular weight is 266 g/mol. The summed E-state index contributed by atoms with van der Waals surface area (Å²) in [7, 11) is 0. The molecule has 4 heteroatoms. The normalized spacial score (nSPS) is 25.3. The number of amides is 2. The molecule has 1 aliphatic carbocycles. The van der Waals surface area contributed by atoms with Gasteiger partial charge in [-0.15, -0.1) is 0 Å². The lowest BCUT2D eigenvalue weighted by Crippen LogP contribution is -2.44. The molecule has 0 aromatic heterocycles. The summed E-state index contributed by atoms with van der Waals surface area (Å²) in [6.45, 7) is 1.34. The van der Waals surface area contributed by atoms with Gasteiger partial charge in [0.1, 0.15) is 0 Å². The van der Waals surface area contributed by atoms with Crippen LogP contribution in [0.3, 0.4) is 0 Å². The van der Waals surface area contributed by atoms with E-state index in [2.05, 4.69) is 0 Å². The van der Waals surface area contributed by atoms with E-state index in [4.69, 9.17) is 5.73 Å². The van der Waals surface area contributed by atoms with E-state index >= 15 is 0 Å². The maximum Gasteiger partial charge on any atom is 0.222 e. The van der Waals surface area contributed by atoms with E-state index in [0.29, 0.717) is 13.0 Å². The van der Waals surface area contributed by atoms with Crippen molar-refractivity contribution >= 4 is 11.8 Å². The van der Waals surface area contributed by atoms with Crippen molar-refractivity contribution in [2.75, 3.05) is 13.1 Å². The minimum Gasteiger partial charge on any atom is -0.369 e. The first-order chi connectivity index (χ1) is 9.16. The number of piperidine rings is 1. The van der Waals surface area contributed by atoms with E-state index in [1.54, 1.807) is 0 Å². The molecule has 0 aromatic carbocycles. The van der Waals surface area contributed by atoms with Crippen molar-refractivity contribution in [3.8, 4) is 0 Å². The van der Waals surface area contributed by atoms with Crippen LogP contribution in [0.1, 0.15) is 57.8 Å². The highest BCUT2D eigenvalue weighted by Gasteiger charge is 2.27. The zero-order valence-electron chi connectivity index (χ0n) is 11.8. The van der Waals surface area contributed by atoms with Gasteiger partial charge in [0, 0.05) is 19.5 Å². The van der Waals surface area contributed by atoms with Gasteiger partial charge in [0.15, 0.2) is 0 Å². The fourth-order valence-electron chi connectivity index (χ4n) is 3.40. The topological polar surface area (TPSA) is 63.4 Å². The lowest BCUT2D eigenvalue weighted by Gasteiger charge is -2.32. The number of nitrogens with two attached hydrogens (primary N) is 1. The van der Waals surface area contributed by atoms with Crippen LogP contribution in [-0.4, -0.2) is 29.8 Å². The Kier molecular flexibility index (Phi) is 5.23. The summed E-state index contributed by atoms with van der Waals surface area (Å²) in [6, 6.07) is 0. The number of likely N-dealkylation sites (tertiary alicyclic amines) is 1. The molecule has 19 heavy (non-hydrogen) atoms. The Morgan fingerprint density at radius 2 is 1.79 bits per heavy atom. The minimum absolute atomic E-state index is 0.132. The predicted octanol–water partition coefficient (Wildman–Crippen LogP) is 2.07. The van der Waals surface area contributed by atoms with Crippen LogP contribution in [0.2, 0.25) is 0 Å². The predicted molar refractivity (Wildman–Crippen MR) is 74.3 cm³/mol. The molecular formula is C15H26N2O2. The van der Waals surface area contributed by atoms with Crippen molar-refractivity contribution in [2.24, 2.45) is 17.6 Å². The molecule has 108 valence electrons. The number of carbonyl (C=O) groups excluding carboxylic acids is 2. The molecule has 2 fully saturated rings. The van der Waals surface area contributed by atoms with Crippen LogP contribution in [0.5, 0.6) is 0 Å². The molecule has 4 nitrogen and oxygen atoms in total. The fraction of sp³-hybridized carbons (Fsp3) is 0.867. The molecule has 0 unspecified atom stereocenters. The summed E-state index contributed by atoms with van der Waals surface area (Å²) < 4.78 is 0. The van der Waals surface area contributed by atoms with E-state index in [1.165, 1.54) is 32.1 Å². The molecule has 0 spiro atoms. The first kappa shape index (κ1) is 14.4. The molecule has 0 aromatic rings. The van der Waals surface area contributed by atoms with E-state index in [0.717, 1.165) is 31.7 Å². The van der Waals surface area contributed by atoms with E-state index in [1.807, 2.05) is 4.90 Å². The van der Waals surface area contributed by atoms with Gasteiger partial charge in [0.2, 0.25) is 11.8 Å². The summed E-state index contributed by atoms with van der Waals surface area (Å²) in [5.74, 6) is 0.572. The van der Waals surface area contributed by atoms with Crippen molar-refractivity contribution < 1.29 is 9.59 Å². The van der Waals surface area contributed by atoms with Crippen molar-refractivity contribution in [2.45, 2.75) is 57.8 Å². The molecule has 2 amide bonds. The number of nitrogens with zero attached hydrogens (tertiary/aromatic N) is 1. The number of carbonyl (C=O) groups is 2. The summed E-state index contributed by atoms with van der Waals surface area (Å²) >= 11 is 0. The van der Waals surface area contributed by atoms with Crippen LogP contribution in [0.25, 0.3) is 0 Å². The first-order valence-electron chi connectivity index (χ1n) is 7.74. The first-order valence-corrected chi connectivity index (χ1v) is 7.74. The Morgan fingerprint density at radius 3 is 2.47 bits per heavy atom. The lowest BCUT2D eigenvalue weighted by atomic mass is 9.86. The third kappa shape index (κ3) is 4.22. The Morgan fingerprint density at radius 1 is 1.05 bits per heavy atom. The molecule has 1 atom stereocenters. The highest BCUT2D eigenvalue weighted by atomic mass is 16.2. The smallest absolute Gasteiger partial charge is 0.222 e. The van der Waals surface area contributed by atoms with Crippen molar-refractivity contribution in [1.29, 1.82) is 0 Å². The number of hydrogen-bond acceptors (Lipinski definition) is 2. The van der Waals surface area contributed by atoms with Gasteiger partial charge in [-0.1, -0.05) is 32.1 Å². The van der Waals surface area contributed by atoms with Gasteiger partial charge in [-0.25, -0.2) is 0 Å². The Hall–Kier alpha value is -1.06. The fourth-order valence-corrected chi connectivity index (χ4v) is 3.40. The summed E-state index contributed by atoms with van der Waals surface area (Å²) in [6.07, 6.45) is 10.0. The highest BCUT2D eigenvalue weighted by Crippen LogP contribution is 2.28. The van der Waals surface area contributed by atoms with Crippen molar-refractivity contribution in [1.82, 2.24) is 4.90 Å². The van der Waals surface area contributed by atoms with Crippen molar-refractivity contribution in [3.63, 3.8) is 0 Å². The van der Waals surface area contributed by atoms with Crippen LogP contribution in [0, 0.1) is 11.8 Å². The quantitative estimate of drug-likeness (QED) is 0.846. The summed E-state index contributed by atoms with van der Waals surface area (Å²) in [4.78, 5) is 25.2. The number of primary amides is 1. The second kappa shape index (κ2) is 6.92. The average Bonchev–Trinajstić information content (AvgIpc) is 2.46. The molecule has 1 saturated heterocycles. The molecule has 2 N–H and O–H groups in total. The van der Waals surface area contributed by atoms with Gasteiger partial charge in [-0.3, -0.25) is 9.59 Å². The molecular weight excluding hydrogens is 240 g/mol. The van der Waals surface area contributed by atoms with E-state index in [-0.39, 0.29) is 17.7 Å². The second-order valence-corrected chi connectivity index (χ2v) is 6.12. The Balaban J connectivity index is 1.74. The molecule has 1 saturated carbocycles. The Labute approximate surface area is 115 Å². The zero-order chi connectivity index (χ0) is 13.7. The maximum absolute atomic E-state index is 12.2.